The molecule has 0 aromatic heterocycles. The van der Waals surface area contributed by atoms with E-state index in [1.807, 2.05) is 6.07 Å². The fourth-order valence-electron chi connectivity index (χ4n) is 4.13. The zero-order valence-corrected chi connectivity index (χ0v) is 17.5. The summed E-state index contributed by atoms with van der Waals surface area (Å²) >= 11 is 3.53. The molecule has 2 heterocycles. The number of halogens is 1. The van der Waals surface area contributed by atoms with Gasteiger partial charge in [-0.15, -0.1) is 0 Å². The maximum atomic E-state index is 6.57. The second-order valence-electron chi connectivity index (χ2n) is 7.61. The molecule has 0 spiro atoms. The summed E-state index contributed by atoms with van der Waals surface area (Å²) in [5.74, 6) is 0.939. The standard InChI is InChI=1S/C24H21BrN2O/c1-16-7-9-17(10-8-16)21-15-22-20-5-3-4-6-23(20)28-24(2,27(22)26-21)18-11-13-19(25)14-12-18/h3-14,22H,15H2,1-2H3/t22-,24+/m0/s1. The highest BCUT2D eigenvalue weighted by atomic mass is 79.9. The number of hydrogen-bond acceptors (Lipinski definition) is 3. The van der Waals surface area contributed by atoms with Gasteiger partial charge in [-0.3, -0.25) is 0 Å². The van der Waals surface area contributed by atoms with Crippen molar-refractivity contribution in [1.82, 2.24) is 5.01 Å². The van der Waals surface area contributed by atoms with E-state index in [0.29, 0.717) is 0 Å². The molecule has 3 nitrogen and oxygen atoms in total. The van der Waals surface area contributed by atoms with E-state index >= 15 is 0 Å². The molecule has 0 amide bonds. The first-order valence-electron chi connectivity index (χ1n) is 9.52. The number of ether oxygens (including phenoxy) is 1. The van der Waals surface area contributed by atoms with Gasteiger partial charge in [-0.05, 0) is 30.7 Å². The van der Waals surface area contributed by atoms with Gasteiger partial charge in [0.2, 0.25) is 5.72 Å². The summed E-state index contributed by atoms with van der Waals surface area (Å²) in [6.07, 6.45) is 0.871. The van der Waals surface area contributed by atoms with Crippen LogP contribution in [0, 0.1) is 6.92 Å². The third kappa shape index (κ3) is 2.75. The molecular weight excluding hydrogens is 412 g/mol. The Balaban J connectivity index is 1.64. The van der Waals surface area contributed by atoms with E-state index in [2.05, 4.69) is 102 Å². The second-order valence-corrected chi connectivity index (χ2v) is 8.52. The maximum absolute atomic E-state index is 6.57. The van der Waals surface area contributed by atoms with E-state index in [1.165, 1.54) is 16.7 Å². The van der Waals surface area contributed by atoms with Crippen LogP contribution < -0.4 is 4.74 Å². The summed E-state index contributed by atoms with van der Waals surface area (Å²) in [5.41, 5.74) is 5.16. The first kappa shape index (κ1) is 17.5. The van der Waals surface area contributed by atoms with E-state index in [0.717, 1.165) is 27.9 Å². The van der Waals surface area contributed by atoms with Crippen LogP contribution in [0.5, 0.6) is 5.75 Å². The number of nitrogens with zero attached hydrogens (tertiary/aromatic N) is 2. The first-order chi connectivity index (χ1) is 13.5. The van der Waals surface area contributed by atoms with Crippen molar-refractivity contribution in [2.75, 3.05) is 0 Å². The second kappa shape index (κ2) is 6.49. The van der Waals surface area contributed by atoms with E-state index in [9.17, 15) is 0 Å². The molecule has 0 saturated carbocycles. The minimum Gasteiger partial charge on any atom is -0.462 e. The molecule has 0 bridgehead atoms. The largest absolute Gasteiger partial charge is 0.462 e. The number of hydrazone groups is 1. The van der Waals surface area contributed by atoms with Crippen molar-refractivity contribution in [3.05, 3.63) is 99.5 Å². The van der Waals surface area contributed by atoms with E-state index in [4.69, 9.17) is 9.84 Å². The molecule has 0 saturated heterocycles. The van der Waals surface area contributed by atoms with Crippen molar-refractivity contribution < 1.29 is 4.74 Å². The first-order valence-corrected chi connectivity index (χ1v) is 10.3. The third-order valence-corrected chi connectivity index (χ3v) is 6.23. The molecule has 0 aliphatic carbocycles. The molecule has 5 rings (SSSR count). The Bertz CT molecular complexity index is 1060. The Hall–Kier alpha value is -2.59. The molecule has 2 atom stereocenters. The molecule has 3 aromatic rings. The lowest BCUT2D eigenvalue weighted by Gasteiger charge is -2.46. The van der Waals surface area contributed by atoms with Crippen LogP contribution in [0.2, 0.25) is 0 Å². The van der Waals surface area contributed by atoms with Crippen LogP contribution in [0.25, 0.3) is 0 Å². The van der Waals surface area contributed by atoms with Gasteiger partial charge in [0.05, 0.1) is 11.8 Å². The summed E-state index contributed by atoms with van der Waals surface area (Å²) in [7, 11) is 0. The molecule has 28 heavy (non-hydrogen) atoms. The van der Waals surface area contributed by atoms with Crippen molar-refractivity contribution in [3.8, 4) is 5.75 Å². The van der Waals surface area contributed by atoms with Gasteiger partial charge in [-0.1, -0.05) is 76.1 Å². The fourth-order valence-corrected chi connectivity index (χ4v) is 4.39. The third-order valence-electron chi connectivity index (χ3n) is 5.70. The zero-order chi connectivity index (χ0) is 19.3. The molecule has 0 radical (unpaired) electrons. The van der Waals surface area contributed by atoms with Crippen LogP contribution in [-0.2, 0) is 5.72 Å². The Labute approximate surface area is 173 Å². The molecule has 2 aliphatic rings. The molecule has 0 fully saturated rings. The quantitative estimate of drug-likeness (QED) is 0.483. The van der Waals surface area contributed by atoms with Gasteiger partial charge in [-0.2, -0.15) is 5.10 Å². The number of aryl methyl sites for hydroxylation is 1. The highest BCUT2D eigenvalue weighted by molar-refractivity contribution is 9.10. The van der Waals surface area contributed by atoms with Crippen LogP contribution in [0.4, 0.5) is 0 Å². The summed E-state index contributed by atoms with van der Waals surface area (Å²) in [4.78, 5) is 0. The van der Waals surface area contributed by atoms with Crippen molar-refractivity contribution in [3.63, 3.8) is 0 Å². The van der Waals surface area contributed by atoms with Crippen LogP contribution in [-0.4, -0.2) is 10.7 Å². The predicted molar refractivity (Wildman–Crippen MR) is 115 cm³/mol. The van der Waals surface area contributed by atoms with Crippen LogP contribution >= 0.6 is 15.9 Å². The van der Waals surface area contributed by atoms with Crippen molar-refractivity contribution in [1.29, 1.82) is 0 Å². The molecular formula is C24H21BrN2O. The lowest BCUT2D eigenvalue weighted by atomic mass is 9.92. The molecule has 3 aromatic carbocycles. The van der Waals surface area contributed by atoms with Gasteiger partial charge in [0.15, 0.2) is 0 Å². The predicted octanol–water partition coefficient (Wildman–Crippen LogP) is 6.17. The van der Waals surface area contributed by atoms with E-state index in [1.54, 1.807) is 0 Å². The van der Waals surface area contributed by atoms with Gasteiger partial charge in [0, 0.05) is 28.9 Å². The SMILES string of the molecule is Cc1ccc(C2=NN3[C@@H](C2)c2ccccc2O[C@]3(C)c2ccc(Br)cc2)cc1. The van der Waals surface area contributed by atoms with Crippen LogP contribution in [0.15, 0.2) is 82.4 Å². The van der Waals surface area contributed by atoms with Gasteiger partial charge in [-0.25, -0.2) is 5.01 Å². The summed E-state index contributed by atoms with van der Waals surface area (Å²) < 4.78 is 7.62. The lowest BCUT2D eigenvalue weighted by molar-refractivity contribution is -0.112. The Morgan fingerprint density at radius 2 is 1.71 bits per heavy atom. The van der Waals surface area contributed by atoms with Gasteiger partial charge < -0.3 is 4.74 Å². The van der Waals surface area contributed by atoms with Crippen molar-refractivity contribution in [2.45, 2.75) is 32.0 Å². The monoisotopic (exact) mass is 432 g/mol. The Morgan fingerprint density at radius 1 is 1.00 bits per heavy atom. The topological polar surface area (TPSA) is 24.8 Å². The van der Waals surface area contributed by atoms with Gasteiger partial charge in [0.25, 0.3) is 0 Å². The highest BCUT2D eigenvalue weighted by Gasteiger charge is 2.48. The average Bonchev–Trinajstić information content (AvgIpc) is 3.16. The summed E-state index contributed by atoms with van der Waals surface area (Å²) in [5, 5.41) is 7.22. The zero-order valence-electron chi connectivity index (χ0n) is 15.9. The normalized spacial score (nSPS) is 22.9. The van der Waals surface area contributed by atoms with Gasteiger partial charge >= 0.3 is 0 Å². The smallest absolute Gasteiger partial charge is 0.221 e. The Kier molecular flexibility index (Phi) is 4.06. The molecule has 4 heteroatoms. The van der Waals surface area contributed by atoms with Crippen molar-refractivity contribution >= 4 is 21.6 Å². The minimum absolute atomic E-state index is 0.162. The molecule has 2 aliphatic heterocycles. The number of benzene rings is 3. The summed E-state index contributed by atoms with van der Waals surface area (Å²) in [6.45, 7) is 4.22. The molecule has 0 unspecified atom stereocenters. The summed E-state index contributed by atoms with van der Waals surface area (Å²) in [6, 6.07) is 25.4. The number of fused-ring (bicyclic) bond motifs is 3. The lowest BCUT2D eigenvalue weighted by Crippen LogP contribution is -2.48. The fraction of sp³-hybridized carbons (Fsp3) is 0.208. The average molecular weight is 433 g/mol. The molecule has 0 N–H and O–H groups in total. The van der Waals surface area contributed by atoms with E-state index in [-0.39, 0.29) is 6.04 Å². The maximum Gasteiger partial charge on any atom is 0.221 e. The van der Waals surface area contributed by atoms with Crippen LogP contribution in [0.1, 0.15) is 41.6 Å². The number of hydrogen-bond donors (Lipinski definition) is 0. The molecule has 140 valence electrons. The van der Waals surface area contributed by atoms with Crippen molar-refractivity contribution in [2.24, 2.45) is 5.10 Å². The number of rotatable bonds is 2. The minimum atomic E-state index is -0.661. The van der Waals surface area contributed by atoms with Gasteiger partial charge in [0.1, 0.15) is 5.75 Å². The van der Waals surface area contributed by atoms with E-state index < -0.39 is 5.72 Å². The Morgan fingerprint density at radius 3 is 2.46 bits per heavy atom. The van der Waals surface area contributed by atoms with Crippen LogP contribution in [0.3, 0.4) is 0 Å². The highest BCUT2D eigenvalue weighted by Crippen LogP contribution is 2.50. The number of para-hydroxylation sites is 1.